The predicted octanol–water partition coefficient (Wildman–Crippen LogP) is 2.58. The second kappa shape index (κ2) is 5.91. The van der Waals surface area contributed by atoms with E-state index in [2.05, 4.69) is 5.32 Å². The molecule has 0 aliphatic heterocycles. The fraction of sp³-hybridized carbons (Fsp3) is 0.133. The van der Waals surface area contributed by atoms with Gasteiger partial charge in [0.2, 0.25) is 5.91 Å². The Hall–Kier alpha value is -2.49. The Balaban J connectivity index is 2.03. The van der Waals surface area contributed by atoms with Gasteiger partial charge in [-0.25, -0.2) is 0 Å². The van der Waals surface area contributed by atoms with Crippen LogP contribution in [0.25, 0.3) is 0 Å². The van der Waals surface area contributed by atoms with Gasteiger partial charge in [-0.05, 0) is 29.8 Å². The van der Waals surface area contributed by atoms with Gasteiger partial charge >= 0.3 is 0 Å². The van der Waals surface area contributed by atoms with E-state index in [1.54, 1.807) is 43.5 Å². The minimum absolute atomic E-state index is 0.129. The smallest absolute Gasteiger partial charge is 0.228 e. The van der Waals surface area contributed by atoms with Gasteiger partial charge in [-0.3, -0.25) is 4.79 Å². The zero-order chi connectivity index (χ0) is 13.7. The Bertz CT molecular complexity index is 564. The average molecular weight is 257 g/mol. The van der Waals surface area contributed by atoms with Crippen molar-refractivity contribution in [1.82, 2.24) is 0 Å². The third-order valence-electron chi connectivity index (χ3n) is 2.68. The van der Waals surface area contributed by atoms with Gasteiger partial charge in [-0.1, -0.05) is 24.3 Å². The Labute approximate surface area is 111 Å². The maximum Gasteiger partial charge on any atom is 0.228 e. The van der Waals surface area contributed by atoms with Gasteiger partial charge in [0.25, 0.3) is 0 Å². The molecular formula is C15H15NO3. The molecule has 2 N–H and O–H groups in total. The van der Waals surface area contributed by atoms with E-state index in [0.717, 1.165) is 5.56 Å². The molecule has 0 spiro atoms. The van der Waals surface area contributed by atoms with Gasteiger partial charge in [0.05, 0.1) is 19.2 Å². The van der Waals surface area contributed by atoms with Crippen LogP contribution in [0.5, 0.6) is 11.5 Å². The topological polar surface area (TPSA) is 58.6 Å². The van der Waals surface area contributed by atoms with Gasteiger partial charge in [-0.15, -0.1) is 0 Å². The molecule has 0 fully saturated rings. The number of carbonyl (C=O) groups excluding carboxylic acids is 1. The van der Waals surface area contributed by atoms with Crippen molar-refractivity contribution in [2.75, 3.05) is 12.4 Å². The van der Waals surface area contributed by atoms with Gasteiger partial charge in [0.1, 0.15) is 11.5 Å². The number of benzene rings is 2. The Morgan fingerprint density at radius 3 is 2.53 bits per heavy atom. The molecule has 0 unspecified atom stereocenters. The first-order valence-corrected chi connectivity index (χ1v) is 5.90. The number of nitrogens with one attached hydrogen (secondary N) is 1. The summed E-state index contributed by atoms with van der Waals surface area (Å²) in [5.74, 6) is 0.686. The number of ether oxygens (including phenoxy) is 1. The molecule has 4 heteroatoms. The summed E-state index contributed by atoms with van der Waals surface area (Å²) in [6.07, 6.45) is 0.248. The molecular weight excluding hydrogens is 242 g/mol. The fourth-order valence-corrected chi connectivity index (χ4v) is 1.74. The lowest BCUT2D eigenvalue weighted by molar-refractivity contribution is -0.115. The summed E-state index contributed by atoms with van der Waals surface area (Å²) < 4.78 is 5.16. The Morgan fingerprint density at radius 1 is 1.16 bits per heavy atom. The number of anilines is 1. The van der Waals surface area contributed by atoms with Crippen LogP contribution in [-0.4, -0.2) is 18.1 Å². The number of hydrogen-bond acceptors (Lipinski definition) is 3. The number of para-hydroxylation sites is 2. The molecule has 98 valence electrons. The first-order chi connectivity index (χ1) is 9.19. The molecule has 0 aliphatic rings. The van der Waals surface area contributed by atoms with E-state index in [-0.39, 0.29) is 18.1 Å². The summed E-state index contributed by atoms with van der Waals surface area (Å²) >= 11 is 0. The summed E-state index contributed by atoms with van der Waals surface area (Å²) in [6.45, 7) is 0. The summed E-state index contributed by atoms with van der Waals surface area (Å²) in [5.41, 5.74) is 1.49. The molecule has 0 aliphatic carbocycles. The lowest BCUT2D eigenvalue weighted by atomic mass is 10.1. The van der Waals surface area contributed by atoms with Crippen LogP contribution < -0.4 is 10.1 Å². The van der Waals surface area contributed by atoms with Crippen LogP contribution in [0.3, 0.4) is 0 Å². The highest BCUT2D eigenvalue weighted by Gasteiger charge is 2.07. The predicted molar refractivity (Wildman–Crippen MR) is 73.4 cm³/mol. The highest BCUT2D eigenvalue weighted by molar-refractivity contribution is 5.93. The number of methoxy groups -OCH3 is 1. The van der Waals surface area contributed by atoms with E-state index in [4.69, 9.17) is 4.74 Å². The van der Waals surface area contributed by atoms with Gasteiger partial charge < -0.3 is 15.2 Å². The number of aromatic hydroxyl groups is 1. The normalized spacial score (nSPS) is 9.95. The maximum absolute atomic E-state index is 11.9. The quantitative estimate of drug-likeness (QED) is 0.885. The maximum atomic E-state index is 11.9. The summed E-state index contributed by atoms with van der Waals surface area (Å²) in [7, 11) is 1.56. The average Bonchev–Trinajstić information content (AvgIpc) is 2.42. The first-order valence-electron chi connectivity index (χ1n) is 5.90. The van der Waals surface area contributed by atoms with Crippen molar-refractivity contribution in [1.29, 1.82) is 0 Å². The number of phenols is 1. The SMILES string of the molecule is COc1ccccc1NC(=O)Cc1ccc(O)cc1. The fourth-order valence-electron chi connectivity index (χ4n) is 1.74. The van der Waals surface area contributed by atoms with Crippen LogP contribution >= 0.6 is 0 Å². The number of phenolic OH excluding ortho intramolecular Hbond substituents is 1. The molecule has 4 nitrogen and oxygen atoms in total. The van der Waals surface area contributed by atoms with Crippen molar-refractivity contribution in [3.05, 3.63) is 54.1 Å². The number of rotatable bonds is 4. The molecule has 2 rings (SSSR count). The molecule has 0 bridgehead atoms. The monoisotopic (exact) mass is 257 g/mol. The molecule has 2 aromatic rings. The van der Waals surface area contributed by atoms with Crippen molar-refractivity contribution in [2.24, 2.45) is 0 Å². The number of carbonyl (C=O) groups is 1. The molecule has 0 heterocycles. The van der Waals surface area contributed by atoms with Gasteiger partial charge in [0, 0.05) is 0 Å². The van der Waals surface area contributed by atoms with Crippen molar-refractivity contribution >= 4 is 11.6 Å². The first kappa shape index (κ1) is 13.0. The number of hydrogen-bond donors (Lipinski definition) is 2. The van der Waals surface area contributed by atoms with Crippen molar-refractivity contribution in [3.63, 3.8) is 0 Å². The lowest BCUT2D eigenvalue weighted by Gasteiger charge is -2.09. The zero-order valence-electron chi connectivity index (χ0n) is 10.6. The van der Waals surface area contributed by atoms with Crippen molar-refractivity contribution in [3.8, 4) is 11.5 Å². The largest absolute Gasteiger partial charge is 0.508 e. The third kappa shape index (κ3) is 3.48. The lowest BCUT2D eigenvalue weighted by Crippen LogP contribution is -2.14. The summed E-state index contributed by atoms with van der Waals surface area (Å²) in [4.78, 5) is 11.9. The molecule has 19 heavy (non-hydrogen) atoms. The Kier molecular flexibility index (Phi) is 4.03. The van der Waals surface area contributed by atoms with E-state index in [1.165, 1.54) is 0 Å². The molecule has 1 amide bonds. The minimum atomic E-state index is -0.129. The highest BCUT2D eigenvalue weighted by atomic mass is 16.5. The Morgan fingerprint density at radius 2 is 1.84 bits per heavy atom. The van der Waals surface area contributed by atoms with E-state index in [9.17, 15) is 9.90 Å². The van der Waals surface area contributed by atoms with Crippen LogP contribution in [0.2, 0.25) is 0 Å². The number of amides is 1. The molecule has 0 aromatic heterocycles. The second-order valence-corrected chi connectivity index (χ2v) is 4.09. The zero-order valence-corrected chi connectivity index (χ0v) is 10.6. The van der Waals surface area contributed by atoms with Gasteiger partial charge in [0.15, 0.2) is 0 Å². The molecule has 0 radical (unpaired) electrons. The summed E-state index contributed by atoms with van der Waals surface area (Å²) in [6, 6.07) is 13.8. The third-order valence-corrected chi connectivity index (χ3v) is 2.68. The van der Waals surface area contributed by atoms with E-state index in [0.29, 0.717) is 11.4 Å². The summed E-state index contributed by atoms with van der Waals surface area (Å²) in [5, 5.41) is 12.0. The van der Waals surface area contributed by atoms with Crippen LogP contribution in [-0.2, 0) is 11.2 Å². The van der Waals surface area contributed by atoms with Gasteiger partial charge in [-0.2, -0.15) is 0 Å². The minimum Gasteiger partial charge on any atom is -0.508 e. The van der Waals surface area contributed by atoms with E-state index < -0.39 is 0 Å². The standard InChI is InChI=1S/C15H15NO3/c1-19-14-5-3-2-4-13(14)16-15(18)10-11-6-8-12(17)9-7-11/h2-9,17H,10H2,1H3,(H,16,18). The van der Waals surface area contributed by atoms with Crippen LogP contribution in [0.4, 0.5) is 5.69 Å². The van der Waals surface area contributed by atoms with Crippen molar-refractivity contribution < 1.29 is 14.6 Å². The van der Waals surface area contributed by atoms with Crippen LogP contribution in [0.1, 0.15) is 5.56 Å². The van der Waals surface area contributed by atoms with Crippen LogP contribution in [0, 0.1) is 0 Å². The van der Waals surface area contributed by atoms with E-state index in [1.807, 2.05) is 12.1 Å². The second-order valence-electron chi connectivity index (χ2n) is 4.09. The van der Waals surface area contributed by atoms with Crippen molar-refractivity contribution in [2.45, 2.75) is 6.42 Å². The highest BCUT2D eigenvalue weighted by Crippen LogP contribution is 2.23. The molecule has 0 atom stereocenters. The van der Waals surface area contributed by atoms with E-state index >= 15 is 0 Å². The molecule has 2 aromatic carbocycles. The molecule has 0 saturated carbocycles. The molecule has 0 saturated heterocycles. The van der Waals surface area contributed by atoms with Crippen LogP contribution in [0.15, 0.2) is 48.5 Å².